The number of hydrogen-bond acceptors (Lipinski definition) is 2. The summed E-state index contributed by atoms with van der Waals surface area (Å²) in [5.74, 6) is 0.938. The molecule has 21 heavy (non-hydrogen) atoms. The topological polar surface area (TPSA) is 17.8 Å². The first-order valence-electron chi connectivity index (χ1n) is 6.60. The van der Waals surface area contributed by atoms with Gasteiger partial charge in [0.05, 0.1) is 16.1 Å². The second kappa shape index (κ2) is 6.34. The van der Waals surface area contributed by atoms with Gasteiger partial charge in [-0.15, -0.1) is 11.6 Å². The molecule has 0 saturated carbocycles. The minimum Gasteiger partial charge on any atom is -0.328 e. The van der Waals surface area contributed by atoms with E-state index in [0.717, 1.165) is 24.3 Å². The number of halogens is 3. The zero-order valence-corrected chi connectivity index (χ0v) is 13.5. The van der Waals surface area contributed by atoms with Crippen molar-refractivity contribution >= 4 is 45.6 Å². The number of aryl methyl sites for hydroxylation is 3. The van der Waals surface area contributed by atoms with Crippen molar-refractivity contribution in [2.45, 2.75) is 19.4 Å². The molecule has 0 aliphatic carbocycles. The largest absolute Gasteiger partial charge is 0.328 e. The summed E-state index contributed by atoms with van der Waals surface area (Å²) in [5.41, 5.74) is 2.76. The van der Waals surface area contributed by atoms with Gasteiger partial charge in [0.1, 0.15) is 11.6 Å². The van der Waals surface area contributed by atoms with Crippen LogP contribution in [0.1, 0.15) is 11.4 Å². The maximum atomic E-state index is 13.7. The van der Waals surface area contributed by atoms with E-state index in [1.54, 1.807) is 17.4 Å². The van der Waals surface area contributed by atoms with Crippen LogP contribution in [-0.4, -0.2) is 15.4 Å². The smallest absolute Gasteiger partial charge is 0.144 e. The number of rotatable bonds is 5. The van der Waals surface area contributed by atoms with Crippen LogP contribution in [0.4, 0.5) is 4.39 Å². The third-order valence-corrected chi connectivity index (χ3v) is 4.60. The van der Waals surface area contributed by atoms with Gasteiger partial charge in [0, 0.05) is 24.9 Å². The molecule has 3 aromatic rings. The summed E-state index contributed by atoms with van der Waals surface area (Å²) < 4.78 is 15.8. The van der Waals surface area contributed by atoms with Crippen LogP contribution in [0.3, 0.4) is 0 Å². The van der Waals surface area contributed by atoms with E-state index < -0.39 is 5.82 Å². The zero-order chi connectivity index (χ0) is 14.8. The predicted octanol–water partition coefficient (Wildman–Crippen LogP) is 4.91. The monoisotopic (exact) mass is 342 g/mol. The van der Waals surface area contributed by atoms with Gasteiger partial charge >= 0.3 is 0 Å². The molecule has 0 aliphatic rings. The quantitative estimate of drug-likeness (QED) is 0.602. The van der Waals surface area contributed by atoms with E-state index in [-0.39, 0.29) is 5.02 Å². The van der Waals surface area contributed by atoms with Crippen molar-refractivity contribution in [2.75, 3.05) is 5.88 Å². The van der Waals surface area contributed by atoms with Crippen LogP contribution in [-0.2, 0) is 19.4 Å². The first-order chi connectivity index (χ1) is 10.2. The molecule has 0 spiro atoms. The van der Waals surface area contributed by atoms with Gasteiger partial charge in [-0.2, -0.15) is 11.3 Å². The zero-order valence-electron chi connectivity index (χ0n) is 11.2. The van der Waals surface area contributed by atoms with Crippen LogP contribution >= 0.6 is 34.5 Å². The number of imidazole rings is 1. The van der Waals surface area contributed by atoms with Gasteiger partial charge in [-0.1, -0.05) is 11.6 Å². The number of hydrogen-bond donors (Lipinski definition) is 0. The molecule has 0 saturated heterocycles. The number of benzene rings is 1. The highest BCUT2D eigenvalue weighted by Crippen LogP contribution is 2.24. The third kappa shape index (κ3) is 3.07. The molecule has 6 heteroatoms. The second-order valence-corrected chi connectivity index (χ2v) is 6.32. The Morgan fingerprint density at radius 1 is 1.29 bits per heavy atom. The standard InChI is InChI=1S/C15H13Cl2FN2S/c16-4-1-15-19-13-7-11(17)12(18)8-14(13)20(15)5-2-10-3-6-21-9-10/h3,6-9H,1-2,4-5H2. The molecule has 0 unspecified atom stereocenters. The predicted molar refractivity (Wildman–Crippen MR) is 87.1 cm³/mol. The Morgan fingerprint density at radius 2 is 2.14 bits per heavy atom. The molecule has 1 aromatic carbocycles. The van der Waals surface area contributed by atoms with E-state index in [2.05, 4.69) is 21.8 Å². The Bertz CT molecular complexity index is 753. The van der Waals surface area contributed by atoms with Crippen molar-refractivity contribution in [3.05, 3.63) is 51.2 Å². The lowest BCUT2D eigenvalue weighted by Crippen LogP contribution is -2.06. The highest BCUT2D eigenvalue weighted by Gasteiger charge is 2.13. The van der Waals surface area contributed by atoms with E-state index >= 15 is 0 Å². The van der Waals surface area contributed by atoms with Crippen LogP contribution in [0.15, 0.2) is 29.0 Å². The van der Waals surface area contributed by atoms with E-state index in [9.17, 15) is 4.39 Å². The Balaban J connectivity index is 2.00. The van der Waals surface area contributed by atoms with Crippen molar-refractivity contribution in [3.63, 3.8) is 0 Å². The minimum atomic E-state index is -0.418. The molecule has 2 nitrogen and oxygen atoms in total. The van der Waals surface area contributed by atoms with E-state index in [1.807, 2.05) is 4.57 Å². The number of alkyl halides is 1. The maximum absolute atomic E-state index is 13.7. The SMILES string of the molecule is Fc1cc2c(cc1Cl)nc(CCCl)n2CCc1ccsc1. The molecule has 0 atom stereocenters. The van der Waals surface area contributed by atoms with Gasteiger partial charge in [-0.25, -0.2) is 9.37 Å². The fourth-order valence-electron chi connectivity index (χ4n) is 2.37. The summed E-state index contributed by atoms with van der Waals surface area (Å²) in [4.78, 5) is 4.53. The van der Waals surface area contributed by atoms with Crippen LogP contribution < -0.4 is 0 Å². The lowest BCUT2D eigenvalue weighted by Gasteiger charge is -2.08. The van der Waals surface area contributed by atoms with E-state index in [1.165, 1.54) is 11.6 Å². The van der Waals surface area contributed by atoms with Crippen molar-refractivity contribution in [1.29, 1.82) is 0 Å². The summed E-state index contributed by atoms with van der Waals surface area (Å²) in [5, 5.41) is 4.28. The average molecular weight is 343 g/mol. The molecule has 2 aromatic heterocycles. The fourth-order valence-corrected chi connectivity index (χ4v) is 3.40. The van der Waals surface area contributed by atoms with Gasteiger partial charge in [0.15, 0.2) is 0 Å². The average Bonchev–Trinajstić information content (AvgIpc) is 3.06. The normalized spacial score (nSPS) is 11.4. The van der Waals surface area contributed by atoms with Gasteiger partial charge in [-0.05, 0) is 34.9 Å². The molecule has 0 radical (unpaired) electrons. The van der Waals surface area contributed by atoms with Crippen molar-refractivity contribution < 1.29 is 4.39 Å². The van der Waals surface area contributed by atoms with E-state index in [0.29, 0.717) is 17.8 Å². The number of fused-ring (bicyclic) bond motifs is 1. The van der Waals surface area contributed by atoms with E-state index in [4.69, 9.17) is 23.2 Å². The van der Waals surface area contributed by atoms with Crippen molar-refractivity contribution in [2.24, 2.45) is 0 Å². The summed E-state index contributed by atoms with van der Waals surface area (Å²) in [6.07, 6.45) is 1.54. The second-order valence-electron chi connectivity index (χ2n) is 4.76. The van der Waals surface area contributed by atoms with Gasteiger partial charge in [0.25, 0.3) is 0 Å². The molecule has 0 aliphatic heterocycles. The molecule has 110 valence electrons. The number of nitrogens with zero attached hydrogens (tertiary/aromatic N) is 2. The van der Waals surface area contributed by atoms with Crippen LogP contribution in [0.25, 0.3) is 11.0 Å². The lowest BCUT2D eigenvalue weighted by atomic mass is 10.2. The molecular weight excluding hydrogens is 330 g/mol. The summed E-state index contributed by atoms with van der Waals surface area (Å²) in [6, 6.07) is 5.13. The highest BCUT2D eigenvalue weighted by molar-refractivity contribution is 7.07. The molecule has 0 fully saturated rings. The Labute approximate surface area is 136 Å². The maximum Gasteiger partial charge on any atom is 0.144 e. The Morgan fingerprint density at radius 3 is 2.86 bits per heavy atom. The Hall–Kier alpha value is -1.10. The first-order valence-corrected chi connectivity index (χ1v) is 8.46. The molecule has 0 amide bonds. The molecule has 0 bridgehead atoms. The van der Waals surface area contributed by atoms with Crippen molar-refractivity contribution in [1.82, 2.24) is 9.55 Å². The third-order valence-electron chi connectivity index (χ3n) is 3.39. The molecule has 0 N–H and O–H groups in total. The highest BCUT2D eigenvalue weighted by atomic mass is 35.5. The summed E-state index contributed by atoms with van der Waals surface area (Å²) in [6.45, 7) is 0.751. The molecule has 3 rings (SSSR count). The number of thiophene rings is 1. The van der Waals surface area contributed by atoms with Crippen LogP contribution in [0.5, 0.6) is 0 Å². The van der Waals surface area contributed by atoms with Gasteiger partial charge < -0.3 is 4.57 Å². The first kappa shape index (κ1) is 14.8. The number of aromatic nitrogens is 2. The van der Waals surface area contributed by atoms with Gasteiger partial charge in [0.2, 0.25) is 0 Å². The molecular formula is C15H13Cl2FN2S. The minimum absolute atomic E-state index is 0.0995. The van der Waals surface area contributed by atoms with Crippen molar-refractivity contribution in [3.8, 4) is 0 Å². The van der Waals surface area contributed by atoms with Crippen LogP contribution in [0.2, 0.25) is 5.02 Å². The molecule has 2 heterocycles. The van der Waals surface area contributed by atoms with Gasteiger partial charge in [-0.3, -0.25) is 0 Å². The fraction of sp³-hybridized carbons (Fsp3) is 0.267. The lowest BCUT2D eigenvalue weighted by molar-refractivity contribution is 0.626. The summed E-state index contributed by atoms with van der Waals surface area (Å²) >= 11 is 13.4. The van der Waals surface area contributed by atoms with Crippen LogP contribution in [0, 0.1) is 5.82 Å². The Kier molecular flexibility index (Phi) is 4.48. The summed E-state index contributed by atoms with van der Waals surface area (Å²) in [7, 11) is 0.